The van der Waals surface area contributed by atoms with Gasteiger partial charge in [-0.3, -0.25) is 9.32 Å². The number of hydrogen-bond acceptors (Lipinski definition) is 8. The Balaban J connectivity index is 1.96. The van der Waals surface area contributed by atoms with Crippen molar-refractivity contribution < 1.29 is 42.5 Å². The van der Waals surface area contributed by atoms with Crippen molar-refractivity contribution in [1.29, 1.82) is 0 Å². The maximum atomic E-state index is 14.6. The van der Waals surface area contributed by atoms with Crippen molar-refractivity contribution in [2.24, 2.45) is 5.92 Å². The first kappa shape index (κ1) is 24.6. The summed E-state index contributed by atoms with van der Waals surface area (Å²) in [5.41, 5.74) is 0. The fourth-order valence-corrected chi connectivity index (χ4v) is 5.08. The molecule has 176 valence electrons. The van der Waals surface area contributed by atoms with Gasteiger partial charge in [0.1, 0.15) is 24.0 Å². The van der Waals surface area contributed by atoms with Crippen LogP contribution in [-0.2, 0) is 23.4 Å². The number of ether oxygens (including phenoxy) is 2. The maximum Gasteiger partial charge on any atom is 0.461 e. The minimum atomic E-state index is -4.48. The lowest BCUT2D eigenvalue weighted by Crippen LogP contribution is -2.42. The van der Waals surface area contributed by atoms with E-state index in [1.807, 2.05) is 18.2 Å². The lowest BCUT2D eigenvalue weighted by molar-refractivity contribution is -0.144. The normalized spacial score (nSPS) is 26.1. The zero-order chi connectivity index (χ0) is 23.5. The van der Waals surface area contributed by atoms with Crippen LogP contribution >= 0.6 is 7.75 Å². The maximum absolute atomic E-state index is 14.6. The minimum absolute atomic E-state index is 0.166. The van der Waals surface area contributed by atoms with E-state index in [9.17, 15) is 24.0 Å². The fraction of sp³-hybridized carbons (Fsp3) is 0.476. The molecule has 0 amide bonds. The zero-order valence-corrected chi connectivity index (χ0v) is 18.8. The van der Waals surface area contributed by atoms with Gasteiger partial charge < -0.3 is 24.2 Å². The Bertz CT molecular complexity index is 984. The molecule has 2 aromatic rings. The first-order valence-electron chi connectivity index (χ1n) is 10.1. The van der Waals surface area contributed by atoms with Crippen LogP contribution in [0.1, 0.15) is 13.8 Å². The van der Waals surface area contributed by atoms with Crippen molar-refractivity contribution in [3.8, 4) is 5.75 Å². The van der Waals surface area contributed by atoms with Crippen LogP contribution in [0.15, 0.2) is 42.5 Å². The van der Waals surface area contributed by atoms with Gasteiger partial charge in [-0.1, -0.05) is 50.2 Å². The molecule has 1 heterocycles. The first-order chi connectivity index (χ1) is 15.2. The van der Waals surface area contributed by atoms with Crippen LogP contribution in [0.2, 0.25) is 0 Å². The summed E-state index contributed by atoms with van der Waals surface area (Å²) in [5.74, 6) is -0.946. The first-order valence-corrected chi connectivity index (χ1v) is 11.6. The van der Waals surface area contributed by atoms with Crippen LogP contribution in [0.5, 0.6) is 5.75 Å². The summed E-state index contributed by atoms with van der Waals surface area (Å²) in [6, 6.07) is 11.1. The van der Waals surface area contributed by atoms with E-state index in [0.29, 0.717) is 5.39 Å². The third kappa shape index (κ3) is 5.28. The number of aliphatic hydroxyl groups is 2. The SMILES string of the molecule is COC(=O)[C@@H](NP(=O)(Oc1cccc2ccccc12)O[C@H]1O[C@H](CO)[C@@H](O)[C@@H]1F)C(C)C. The highest BCUT2D eigenvalue weighted by molar-refractivity contribution is 7.52. The number of esters is 1. The number of alkyl halides is 1. The summed E-state index contributed by atoms with van der Waals surface area (Å²) in [5, 5.41) is 23.1. The number of carbonyl (C=O) groups is 1. The van der Waals surface area contributed by atoms with Crippen LogP contribution in [-0.4, -0.2) is 60.6 Å². The van der Waals surface area contributed by atoms with Crippen molar-refractivity contribution in [2.75, 3.05) is 13.7 Å². The number of benzene rings is 2. The topological polar surface area (TPSA) is 124 Å². The Morgan fingerprint density at radius 1 is 1.25 bits per heavy atom. The van der Waals surface area contributed by atoms with E-state index in [1.165, 1.54) is 7.11 Å². The van der Waals surface area contributed by atoms with Crippen LogP contribution < -0.4 is 9.61 Å². The van der Waals surface area contributed by atoms with Gasteiger partial charge in [0, 0.05) is 5.39 Å². The third-order valence-corrected chi connectivity index (χ3v) is 6.60. The molecule has 1 aliphatic heterocycles. The number of aliphatic hydroxyl groups excluding tert-OH is 2. The molecule has 1 aliphatic rings. The van der Waals surface area contributed by atoms with Crippen LogP contribution in [0.25, 0.3) is 10.8 Å². The molecule has 1 saturated heterocycles. The van der Waals surface area contributed by atoms with Gasteiger partial charge in [0.25, 0.3) is 0 Å². The van der Waals surface area contributed by atoms with Gasteiger partial charge in [-0.2, -0.15) is 5.09 Å². The Kier molecular flexibility index (Phi) is 7.87. The van der Waals surface area contributed by atoms with Crippen LogP contribution in [0.4, 0.5) is 4.39 Å². The van der Waals surface area contributed by atoms with Gasteiger partial charge in [-0.25, -0.2) is 8.96 Å². The lowest BCUT2D eigenvalue weighted by Gasteiger charge is -2.28. The van der Waals surface area contributed by atoms with E-state index in [2.05, 4.69) is 5.09 Å². The van der Waals surface area contributed by atoms with E-state index in [0.717, 1.165) is 5.39 Å². The Labute approximate surface area is 185 Å². The Morgan fingerprint density at radius 2 is 1.94 bits per heavy atom. The molecule has 3 rings (SSSR count). The quantitative estimate of drug-likeness (QED) is 0.374. The molecule has 11 heteroatoms. The zero-order valence-electron chi connectivity index (χ0n) is 17.9. The average molecular weight is 471 g/mol. The Hall–Kier alpha value is -2.07. The molecule has 9 nitrogen and oxygen atoms in total. The second-order valence-electron chi connectivity index (χ2n) is 7.71. The second kappa shape index (κ2) is 10.2. The molecule has 1 fully saturated rings. The largest absolute Gasteiger partial charge is 0.468 e. The van der Waals surface area contributed by atoms with E-state index < -0.39 is 57.0 Å². The number of halogens is 1. The number of hydrogen-bond donors (Lipinski definition) is 3. The minimum Gasteiger partial charge on any atom is -0.468 e. The van der Waals surface area contributed by atoms with E-state index in [-0.39, 0.29) is 5.75 Å². The summed E-state index contributed by atoms with van der Waals surface area (Å²) in [7, 11) is -3.30. The number of fused-ring (bicyclic) bond motifs is 1. The van der Waals surface area contributed by atoms with Crippen LogP contribution in [0.3, 0.4) is 0 Å². The van der Waals surface area contributed by atoms with Crippen molar-refractivity contribution in [1.82, 2.24) is 5.09 Å². The molecule has 2 aromatic carbocycles. The molecule has 0 radical (unpaired) electrons. The highest BCUT2D eigenvalue weighted by atomic mass is 31.2. The third-order valence-electron chi connectivity index (χ3n) is 5.09. The summed E-state index contributed by atoms with van der Waals surface area (Å²) in [6.45, 7) is 2.71. The van der Waals surface area contributed by atoms with Gasteiger partial charge in [0.2, 0.25) is 6.29 Å². The second-order valence-corrected chi connectivity index (χ2v) is 9.35. The molecule has 3 N–H and O–H groups in total. The van der Waals surface area contributed by atoms with Crippen molar-refractivity contribution in [3.05, 3.63) is 42.5 Å². The van der Waals surface area contributed by atoms with Gasteiger partial charge in [-0.15, -0.1) is 0 Å². The molecule has 0 aromatic heterocycles. The highest BCUT2D eigenvalue weighted by Gasteiger charge is 2.49. The summed E-state index contributed by atoms with van der Waals surface area (Å²) < 4.78 is 49.4. The fourth-order valence-electron chi connectivity index (χ4n) is 3.32. The number of rotatable bonds is 9. The molecule has 1 unspecified atom stereocenters. The van der Waals surface area contributed by atoms with E-state index in [4.69, 9.17) is 18.5 Å². The number of methoxy groups -OCH3 is 1. The molecular weight excluding hydrogens is 444 g/mol. The number of nitrogens with one attached hydrogen (secondary N) is 1. The highest BCUT2D eigenvalue weighted by Crippen LogP contribution is 2.50. The van der Waals surface area contributed by atoms with E-state index in [1.54, 1.807) is 38.1 Å². The molecule has 0 saturated carbocycles. The molecule has 0 bridgehead atoms. The van der Waals surface area contributed by atoms with Gasteiger partial charge in [0.05, 0.1) is 13.7 Å². The Morgan fingerprint density at radius 3 is 2.56 bits per heavy atom. The van der Waals surface area contributed by atoms with Gasteiger partial charge in [0.15, 0.2) is 6.17 Å². The molecule has 0 spiro atoms. The molecule has 6 atom stereocenters. The molecular formula is C21H27FNO8P. The average Bonchev–Trinajstić information content (AvgIpc) is 3.04. The van der Waals surface area contributed by atoms with Gasteiger partial charge >= 0.3 is 13.7 Å². The van der Waals surface area contributed by atoms with Crippen molar-refractivity contribution in [2.45, 2.75) is 44.6 Å². The summed E-state index contributed by atoms with van der Waals surface area (Å²) >= 11 is 0. The lowest BCUT2D eigenvalue weighted by atomic mass is 10.1. The van der Waals surface area contributed by atoms with E-state index >= 15 is 0 Å². The van der Waals surface area contributed by atoms with Crippen molar-refractivity contribution in [3.63, 3.8) is 0 Å². The predicted molar refractivity (Wildman–Crippen MR) is 114 cm³/mol. The molecule has 32 heavy (non-hydrogen) atoms. The summed E-state index contributed by atoms with van der Waals surface area (Å²) in [6.07, 6.45) is -6.85. The predicted octanol–water partition coefficient (Wildman–Crippen LogP) is 2.55. The van der Waals surface area contributed by atoms with Crippen LogP contribution in [0, 0.1) is 5.92 Å². The summed E-state index contributed by atoms with van der Waals surface area (Å²) in [4.78, 5) is 12.3. The number of carbonyl (C=O) groups excluding carboxylic acids is 1. The monoisotopic (exact) mass is 471 g/mol. The standard InChI is InChI=1S/C21H27FNO8P/c1-12(2)18(20(26)28-3)23-32(27,31-21-17(22)19(25)16(11-24)29-21)30-15-10-6-8-13-7-4-5-9-14(13)15/h4-10,12,16-19,21,24-25H,11H2,1-3H3,(H,23,27)/t16-,17+,18+,19-,21-,32?/m1/s1. The van der Waals surface area contributed by atoms with Gasteiger partial charge in [-0.05, 0) is 17.4 Å². The molecule has 0 aliphatic carbocycles. The van der Waals surface area contributed by atoms with Crippen molar-refractivity contribution >= 4 is 24.5 Å². The smallest absolute Gasteiger partial charge is 0.461 e.